The number of aryl methyl sites for hydroxylation is 1. The molecule has 16 nitrogen and oxygen atoms in total. The third-order valence-corrected chi connectivity index (χ3v) is 9.67. The summed E-state index contributed by atoms with van der Waals surface area (Å²) in [5.41, 5.74) is 6.82. The van der Waals surface area contributed by atoms with Gasteiger partial charge in [-0.1, -0.05) is 12.1 Å². The first-order valence-corrected chi connectivity index (χ1v) is 16.6. The molecule has 0 saturated carbocycles. The van der Waals surface area contributed by atoms with E-state index in [4.69, 9.17) is 19.9 Å². The third-order valence-electron chi connectivity index (χ3n) is 8.80. The summed E-state index contributed by atoms with van der Waals surface area (Å²) in [6.45, 7) is 4.37. The number of amides is 5. The van der Waals surface area contributed by atoms with Crippen molar-refractivity contribution < 1.29 is 43.0 Å². The van der Waals surface area contributed by atoms with Crippen molar-refractivity contribution in [1.29, 1.82) is 0 Å². The van der Waals surface area contributed by atoms with Crippen molar-refractivity contribution >= 4 is 74.4 Å². The van der Waals surface area contributed by atoms with Crippen LogP contribution in [0.15, 0.2) is 42.5 Å². The highest BCUT2D eigenvalue weighted by molar-refractivity contribution is 7.14. The number of rotatable bonds is 8. The summed E-state index contributed by atoms with van der Waals surface area (Å²) in [7, 11) is 0. The van der Waals surface area contributed by atoms with Crippen LogP contribution in [-0.2, 0) is 28.6 Å². The summed E-state index contributed by atoms with van der Waals surface area (Å²) >= 11 is 0.804. The van der Waals surface area contributed by atoms with E-state index in [1.807, 2.05) is 11.6 Å². The molecule has 3 aliphatic rings. The Bertz CT molecular complexity index is 2050. The molecule has 7 rings (SSSR count). The van der Waals surface area contributed by atoms with E-state index in [0.717, 1.165) is 41.9 Å². The van der Waals surface area contributed by atoms with E-state index in [0.29, 0.717) is 19.0 Å². The van der Waals surface area contributed by atoms with Gasteiger partial charge in [-0.3, -0.25) is 38.3 Å². The number of imide groups is 1. The normalized spacial score (nSPS) is 18.8. The number of carbonyl (C=O) groups excluding carboxylic acids is 6. The number of anilines is 3. The Morgan fingerprint density at radius 3 is 2.40 bits per heavy atom. The van der Waals surface area contributed by atoms with E-state index in [1.54, 1.807) is 18.2 Å². The average molecular weight is 702 g/mol. The van der Waals surface area contributed by atoms with Crippen LogP contribution in [0.2, 0.25) is 0 Å². The second-order valence-corrected chi connectivity index (χ2v) is 12.7. The van der Waals surface area contributed by atoms with Crippen molar-refractivity contribution in [1.82, 2.24) is 14.2 Å². The molecule has 2 unspecified atom stereocenters. The third kappa shape index (κ3) is 5.68. The van der Waals surface area contributed by atoms with Gasteiger partial charge in [0.15, 0.2) is 17.7 Å². The molecule has 0 radical (unpaired) electrons. The SMILES string of the molecule is CC(=O)OC(C(=O)Nc1ccc2c(N3C(=O)c4ccccc4C3=O)nsc2c1C(N)=O)C1OCCN(c2cc(C)n(C3CCOCC3)n2)C1=O. The number of hydrogen-bond donors (Lipinski definition) is 2. The van der Waals surface area contributed by atoms with Gasteiger partial charge in [-0.25, -0.2) is 4.90 Å². The zero-order chi connectivity index (χ0) is 35.3. The molecular weight excluding hydrogens is 670 g/mol. The molecule has 258 valence electrons. The first kappa shape index (κ1) is 33.0. The van der Waals surface area contributed by atoms with Crippen LogP contribution in [0.1, 0.15) is 62.6 Å². The van der Waals surface area contributed by atoms with Gasteiger partial charge >= 0.3 is 5.97 Å². The minimum absolute atomic E-state index is 0.00478. The lowest BCUT2D eigenvalue weighted by Crippen LogP contribution is -2.56. The second kappa shape index (κ2) is 13.1. The van der Waals surface area contributed by atoms with Crippen LogP contribution in [0.4, 0.5) is 17.3 Å². The summed E-state index contributed by atoms with van der Waals surface area (Å²) in [6.07, 6.45) is -1.73. The molecule has 3 aliphatic heterocycles. The van der Waals surface area contributed by atoms with Gasteiger partial charge in [0.25, 0.3) is 29.5 Å². The Labute approximate surface area is 288 Å². The first-order valence-electron chi connectivity index (χ1n) is 15.8. The quantitative estimate of drug-likeness (QED) is 0.202. The van der Waals surface area contributed by atoms with Crippen molar-refractivity contribution in [3.63, 3.8) is 0 Å². The number of primary amides is 1. The number of fused-ring (bicyclic) bond motifs is 2. The smallest absolute Gasteiger partial charge is 0.303 e. The van der Waals surface area contributed by atoms with Crippen molar-refractivity contribution in [2.45, 2.75) is 44.9 Å². The molecule has 0 spiro atoms. The number of morpholine rings is 1. The Hall–Kier alpha value is -5.52. The molecule has 2 atom stereocenters. The Morgan fingerprint density at radius 1 is 1.04 bits per heavy atom. The van der Waals surface area contributed by atoms with Crippen molar-refractivity contribution in [3.8, 4) is 0 Å². The van der Waals surface area contributed by atoms with Gasteiger partial charge in [-0.2, -0.15) is 9.47 Å². The molecular formula is C33H31N7O9S. The molecule has 2 aromatic heterocycles. The lowest BCUT2D eigenvalue weighted by atomic mass is 10.1. The summed E-state index contributed by atoms with van der Waals surface area (Å²) in [6, 6.07) is 11.1. The molecule has 0 aliphatic carbocycles. The number of ether oxygens (including phenoxy) is 3. The van der Waals surface area contributed by atoms with Gasteiger partial charge in [0.2, 0.25) is 6.10 Å². The molecule has 5 amide bonds. The molecule has 0 bridgehead atoms. The van der Waals surface area contributed by atoms with E-state index in [1.165, 1.54) is 29.2 Å². The number of carbonyl (C=O) groups is 6. The van der Waals surface area contributed by atoms with E-state index < -0.39 is 47.7 Å². The molecule has 2 aromatic carbocycles. The van der Waals surface area contributed by atoms with Crippen molar-refractivity contribution in [2.24, 2.45) is 5.73 Å². The largest absolute Gasteiger partial charge is 0.449 e. The lowest BCUT2D eigenvalue weighted by Gasteiger charge is -2.34. The number of nitrogens with zero attached hydrogens (tertiary/aromatic N) is 5. The number of hydrogen-bond acceptors (Lipinski definition) is 12. The minimum atomic E-state index is -1.76. The van der Waals surface area contributed by atoms with E-state index in [9.17, 15) is 28.8 Å². The number of aromatic nitrogens is 3. The predicted octanol–water partition coefficient (Wildman–Crippen LogP) is 2.35. The highest BCUT2D eigenvalue weighted by Gasteiger charge is 2.44. The molecule has 5 heterocycles. The summed E-state index contributed by atoms with van der Waals surface area (Å²) in [4.78, 5) is 81.3. The van der Waals surface area contributed by atoms with E-state index >= 15 is 0 Å². The van der Waals surface area contributed by atoms with Crippen LogP contribution in [0.25, 0.3) is 10.1 Å². The van der Waals surface area contributed by atoms with Gasteiger partial charge in [-0.05, 0) is 55.6 Å². The standard InChI is InChI=1S/C33H31N7O9S/c1-16-15-23(36-40(16)18-9-12-47-13-10-18)38-11-14-48-26(33(38)46)25(49-17(2)41)30(43)35-22-8-7-21-27(24(22)28(34)42)50-37-29(21)39-31(44)19-5-3-4-6-20(19)32(39)45/h3-8,15,18,25-26H,9-14H2,1-2H3,(H2,34,42)(H,35,43). The number of nitrogens with two attached hydrogens (primary N) is 1. The minimum Gasteiger partial charge on any atom is -0.449 e. The Morgan fingerprint density at radius 2 is 1.74 bits per heavy atom. The lowest BCUT2D eigenvalue weighted by molar-refractivity contribution is -0.167. The van der Waals surface area contributed by atoms with Gasteiger partial charge in [0.05, 0.1) is 46.3 Å². The van der Waals surface area contributed by atoms with Crippen LogP contribution in [0, 0.1) is 6.92 Å². The summed E-state index contributed by atoms with van der Waals surface area (Å²) in [5, 5.41) is 7.52. The van der Waals surface area contributed by atoms with Crippen LogP contribution >= 0.6 is 11.5 Å². The maximum Gasteiger partial charge on any atom is 0.303 e. The Kier molecular flexibility index (Phi) is 8.63. The number of benzene rings is 2. The van der Waals surface area contributed by atoms with Crippen LogP contribution in [0.3, 0.4) is 0 Å². The summed E-state index contributed by atoms with van der Waals surface area (Å²) < 4.78 is 22.9. The Balaban J connectivity index is 1.16. The zero-order valence-electron chi connectivity index (χ0n) is 26.9. The molecule has 2 fully saturated rings. The first-order chi connectivity index (χ1) is 24.0. The molecule has 50 heavy (non-hydrogen) atoms. The second-order valence-electron chi connectivity index (χ2n) is 12.0. The fourth-order valence-electron chi connectivity index (χ4n) is 6.47. The fourth-order valence-corrected chi connectivity index (χ4v) is 7.39. The van der Waals surface area contributed by atoms with E-state index in [-0.39, 0.29) is 57.5 Å². The zero-order valence-corrected chi connectivity index (χ0v) is 27.7. The monoisotopic (exact) mass is 701 g/mol. The van der Waals surface area contributed by atoms with Crippen molar-refractivity contribution in [3.05, 3.63) is 64.8 Å². The van der Waals surface area contributed by atoms with Crippen LogP contribution in [-0.4, -0.2) is 88.2 Å². The maximum absolute atomic E-state index is 13.8. The van der Waals surface area contributed by atoms with Crippen molar-refractivity contribution in [2.75, 3.05) is 41.5 Å². The van der Waals surface area contributed by atoms with Gasteiger partial charge in [-0.15, -0.1) is 0 Å². The maximum atomic E-state index is 13.8. The van der Waals surface area contributed by atoms with Gasteiger partial charge < -0.3 is 25.3 Å². The molecule has 17 heteroatoms. The van der Waals surface area contributed by atoms with E-state index in [2.05, 4.69) is 14.8 Å². The number of nitrogens with one attached hydrogen (secondary N) is 1. The van der Waals surface area contributed by atoms with Gasteiger partial charge in [0.1, 0.15) is 0 Å². The summed E-state index contributed by atoms with van der Waals surface area (Å²) in [5.74, 6) is -4.17. The molecule has 2 saturated heterocycles. The molecule has 3 N–H and O–H groups in total. The van der Waals surface area contributed by atoms with Crippen LogP contribution < -0.4 is 20.9 Å². The molecule has 4 aromatic rings. The predicted molar refractivity (Wildman–Crippen MR) is 178 cm³/mol. The fraction of sp³-hybridized carbons (Fsp3) is 0.333. The number of esters is 1. The van der Waals surface area contributed by atoms with Gasteiger partial charge in [0, 0.05) is 37.3 Å². The van der Waals surface area contributed by atoms with Crippen LogP contribution in [0.5, 0.6) is 0 Å². The topological polar surface area (TPSA) is 205 Å². The average Bonchev–Trinajstić information content (AvgIpc) is 3.77. The highest BCUT2D eigenvalue weighted by atomic mass is 32.1. The highest BCUT2D eigenvalue weighted by Crippen LogP contribution is 2.39.